The molecule has 0 aliphatic carbocycles. The van der Waals surface area contributed by atoms with Crippen LogP contribution in [0.3, 0.4) is 0 Å². The van der Waals surface area contributed by atoms with Crippen LogP contribution in [-0.2, 0) is 4.79 Å². The normalized spacial score (nSPS) is 17.1. The molecule has 0 aromatic rings. The SMILES string of the molecule is CCCC(C#N)(CCC)C(=O)N1CCCCCC1. The molecular weight excluding hydrogens is 224 g/mol. The molecule has 0 N–H and O–H groups in total. The van der Waals surface area contributed by atoms with E-state index in [1.165, 1.54) is 12.8 Å². The third-order valence-electron chi connectivity index (χ3n) is 3.87. The molecule has 1 aliphatic heterocycles. The summed E-state index contributed by atoms with van der Waals surface area (Å²) >= 11 is 0. The average molecular weight is 250 g/mol. The molecule has 1 saturated heterocycles. The summed E-state index contributed by atoms with van der Waals surface area (Å²) in [7, 11) is 0. The summed E-state index contributed by atoms with van der Waals surface area (Å²) < 4.78 is 0. The van der Waals surface area contributed by atoms with Gasteiger partial charge in [0.1, 0.15) is 5.41 Å². The first kappa shape index (κ1) is 15.0. The van der Waals surface area contributed by atoms with Crippen molar-refractivity contribution in [1.29, 1.82) is 5.26 Å². The molecule has 1 rings (SSSR count). The van der Waals surface area contributed by atoms with Crippen LogP contribution < -0.4 is 0 Å². The van der Waals surface area contributed by atoms with Crippen LogP contribution in [0.1, 0.15) is 65.2 Å². The molecule has 0 aromatic heterocycles. The maximum atomic E-state index is 12.7. The van der Waals surface area contributed by atoms with Crippen molar-refractivity contribution in [2.75, 3.05) is 13.1 Å². The lowest BCUT2D eigenvalue weighted by molar-refractivity contribution is -0.139. The van der Waals surface area contributed by atoms with Crippen LogP contribution in [0.5, 0.6) is 0 Å². The number of carbonyl (C=O) groups is 1. The molecule has 0 atom stereocenters. The predicted octanol–water partition coefficient (Wildman–Crippen LogP) is 3.50. The molecular formula is C15H26N2O. The van der Waals surface area contributed by atoms with Crippen LogP contribution in [0, 0.1) is 16.7 Å². The number of rotatable bonds is 5. The van der Waals surface area contributed by atoms with Gasteiger partial charge in [-0.2, -0.15) is 5.26 Å². The molecule has 0 bridgehead atoms. The second kappa shape index (κ2) is 7.41. The first-order valence-corrected chi connectivity index (χ1v) is 7.41. The van der Waals surface area contributed by atoms with Gasteiger partial charge in [0.15, 0.2) is 0 Å². The Morgan fingerprint density at radius 2 is 1.61 bits per heavy atom. The third kappa shape index (κ3) is 3.48. The van der Waals surface area contributed by atoms with E-state index in [4.69, 9.17) is 0 Å². The topological polar surface area (TPSA) is 44.1 Å². The van der Waals surface area contributed by atoms with E-state index >= 15 is 0 Å². The smallest absolute Gasteiger partial charge is 0.243 e. The van der Waals surface area contributed by atoms with E-state index in [0.717, 1.165) is 38.8 Å². The lowest BCUT2D eigenvalue weighted by Crippen LogP contribution is -2.43. The van der Waals surface area contributed by atoms with Crippen molar-refractivity contribution >= 4 is 5.91 Å². The number of nitrogens with zero attached hydrogens (tertiary/aromatic N) is 2. The zero-order chi connectivity index (χ0) is 13.4. The molecule has 3 heteroatoms. The summed E-state index contributed by atoms with van der Waals surface area (Å²) in [6.07, 6.45) is 7.80. The van der Waals surface area contributed by atoms with E-state index in [9.17, 15) is 10.1 Å². The number of hydrogen-bond acceptors (Lipinski definition) is 2. The molecule has 3 nitrogen and oxygen atoms in total. The molecule has 0 unspecified atom stereocenters. The van der Waals surface area contributed by atoms with Crippen LogP contribution in [0.15, 0.2) is 0 Å². The largest absolute Gasteiger partial charge is 0.341 e. The highest BCUT2D eigenvalue weighted by Gasteiger charge is 2.39. The monoisotopic (exact) mass is 250 g/mol. The van der Waals surface area contributed by atoms with Gasteiger partial charge in [0.05, 0.1) is 6.07 Å². The van der Waals surface area contributed by atoms with Gasteiger partial charge in [0.25, 0.3) is 0 Å². The van der Waals surface area contributed by atoms with Crippen molar-refractivity contribution in [2.24, 2.45) is 5.41 Å². The molecule has 1 fully saturated rings. The molecule has 18 heavy (non-hydrogen) atoms. The van der Waals surface area contributed by atoms with E-state index in [0.29, 0.717) is 12.8 Å². The zero-order valence-electron chi connectivity index (χ0n) is 11.9. The van der Waals surface area contributed by atoms with Gasteiger partial charge in [0, 0.05) is 13.1 Å². The maximum absolute atomic E-state index is 12.7. The fourth-order valence-electron chi connectivity index (χ4n) is 2.93. The van der Waals surface area contributed by atoms with Crippen molar-refractivity contribution in [2.45, 2.75) is 65.2 Å². The number of likely N-dealkylation sites (tertiary alicyclic amines) is 1. The average Bonchev–Trinajstić information content (AvgIpc) is 2.66. The molecule has 0 radical (unpaired) electrons. The third-order valence-corrected chi connectivity index (χ3v) is 3.87. The standard InChI is InChI=1S/C15H26N2O/c1-3-9-15(13-16,10-4-2)14(18)17-11-7-5-6-8-12-17/h3-12H2,1-2H3. The van der Waals surface area contributed by atoms with Gasteiger partial charge in [-0.3, -0.25) is 4.79 Å². The summed E-state index contributed by atoms with van der Waals surface area (Å²) in [6, 6.07) is 2.34. The predicted molar refractivity (Wildman–Crippen MR) is 72.9 cm³/mol. The van der Waals surface area contributed by atoms with Crippen molar-refractivity contribution in [3.8, 4) is 6.07 Å². The summed E-state index contributed by atoms with van der Waals surface area (Å²) in [6.45, 7) is 5.79. The Morgan fingerprint density at radius 3 is 2.00 bits per heavy atom. The highest BCUT2D eigenvalue weighted by molar-refractivity contribution is 5.85. The highest BCUT2D eigenvalue weighted by atomic mass is 16.2. The summed E-state index contributed by atoms with van der Waals surface area (Å²) in [5.74, 6) is 0.0931. The van der Waals surface area contributed by atoms with Gasteiger partial charge in [-0.05, 0) is 25.7 Å². The van der Waals surface area contributed by atoms with Crippen LogP contribution >= 0.6 is 0 Å². The number of nitriles is 1. The molecule has 1 amide bonds. The maximum Gasteiger partial charge on any atom is 0.243 e. The van der Waals surface area contributed by atoms with Gasteiger partial charge >= 0.3 is 0 Å². The van der Waals surface area contributed by atoms with E-state index in [-0.39, 0.29) is 5.91 Å². The van der Waals surface area contributed by atoms with E-state index in [1.807, 2.05) is 4.90 Å². The van der Waals surface area contributed by atoms with Gasteiger partial charge < -0.3 is 4.90 Å². The second-order valence-corrected chi connectivity index (χ2v) is 5.40. The van der Waals surface area contributed by atoms with Crippen molar-refractivity contribution in [3.05, 3.63) is 0 Å². The van der Waals surface area contributed by atoms with Gasteiger partial charge in [0.2, 0.25) is 5.91 Å². The molecule has 1 aliphatic rings. The van der Waals surface area contributed by atoms with Crippen molar-refractivity contribution < 1.29 is 4.79 Å². The van der Waals surface area contributed by atoms with E-state index < -0.39 is 5.41 Å². The van der Waals surface area contributed by atoms with Crippen LogP contribution in [0.4, 0.5) is 0 Å². The van der Waals surface area contributed by atoms with Crippen LogP contribution in [0.25, 0.3) is 0 Å². The second-order valence-electron chi connectivity index (χ2n) is 5.40. The van der Waals surface area contributed by atoms with E-state index in [2.05, 4.69) is 19.9 Å². The van der Waals surface area contributed by atoms with E-state index in [1.54, 1.807) is 0 Å². The van der Waals surface area contributed by atoms with Crippen molar-refractivity contribution in [3.63, 3.8) is 0 Å². The molecule has 1 heterocycles. The quantitative estimate of drug-likeness (QED) is 0.749. The molecule has 0 aromatic carbocycles. The summed E-state index contributed by atoms with van der Waals surface area (Å²) in [5, 5.41) is 9.51. The highest BCUT2D eigenvalue weighted by Crippen LogP contribution is 2.32. The minimum atomic E-state index is -0.756. The Kier molecular flexibility index (Phi) is 6.18. The van der Waals surface area contributed by atoms with Gasteiger partial charge in [-0.1, -0.05) is 39.5 Å². The molecule has 0 spiro atoms. The lowest BCUT2D eigenvalue weighted by atomic mass is 9.79. The number of amides is 1. The molecule has 102 valence electrons. The number of hydrogen-bond donors (Lipinski definition) is 0. The minimum absolute atomic E-state index is 0.0931. The Hall–Kier alpha value is -1.04. The minimum Gasteiger partial charge on any atom is -0.341 e. The fraction of sp³-hybridized carbons (Fsp3) is 0.867. The summed E-state index contributed by atoms with van der Waals surface area (Å²) in [5.41, 5.74) is -0.756. The Morgan fingerprint density at radius 1 is 1.11 bits per heavy atom. The first-order valence-electron chi connectivity index (χ1n) is 7.41. The zero-order valence-corrected chi connectivity index (χ0v) is 11.9. The number of carbonyl (C=O) groups excluding carboxylic acids is 1. The Balaban J connectivity index is 2.82. The van der Waals surface area contributed by atoms with Crippen molar-refractivity contribution in [1.82, 2.24) is 4.90 Å². The molecule has 0 saturated carbocycles. The summed E-state index contributed by atoms with van der Waals surface area (Å²) in [4.78, 5) is 14.6. The van der Waals surface area contributed by atoms with Crippen LogP contribution in [-0.4, -0.2) is 23.9 Å². The van der Waals surface area contributed by atoms with Gasteiger partial charge in [-0.15, -0.1) is 0 Å². The Bertz CT molecular complexity index is 292. The van der Waals surface area contributed by atoms with Crippen LogP contribution in [0.2, 0.25) is 0 Å². The first-order chi connectivity index (χ1) is 8.70. The lowest BCUT2D eigenvalue weighted by Gasteiger charge is -2.31. The Labute approximate surface area is 111 Å². The fourth-order valence-corrected chi connectivity index (χ4v) is 2.93. The van der Waals surface area contributed by atoms with Gasteiger partial charge in [-0.25, -0.2) is 0 Å².